The summed E-state index contributed by atoms with van der Waals surface area (Å²) < 4.78 is 11.3. The minimum atomic E-state index is -0.553. The number of methoxy groups -OCH3 is 1. The van der Waals surface area contributed by atoms with Crippen molar-refractivity contribution >= 4 is 5.91 Å². The van der Waals surface area contributed by atoms with E-state index in [4.69, 9.17) is 9.47 Å². The van der Waals surface area contributed by atoms with Crippen LogP contribution in [0.5, 0.6) is 11.5 Å². The zero-order valence-electron chi connectivity index (χ0n) is 17.2. The second-order valence-corrected chi connectivity index (χ2v) is 7.37. The molecular weight excluding hydrogens is 350 g/mol. The Labute approximate surface area is 168 Å². The van der Waals surface area contributed by atoms with Gasteiger partial charge in [-0.25, -0.2) is 0 Å². The first-order valence-corrected chi connectivity index (χ1v) is 10.4. The summed E-state index contributed by atoms with van der Waals surface area (Å²) in [4.78, 5) is 12.9. The molecule has 2 aromatic rings. The molecular formula is C24H31NO3. The second kappa shape index (κ2) is 9.63. The number of aryl methyl sites for hydroxylation is 2. The zero-order chi connectivity index (χ0) is 19.9. The number of para-hydroxylation sites is 2. The Bertz CT molecular complexity index is 802. The highest BCUT2D eigenvalue weighted by molar-refractivity contribution is 5.81. The van der Waals surface area contributed by atoms with Crippen LogP contribution in [0.1, 0.15) is 62.3 Å². The number of rotatable bonds is 8. The summed E-state index contributed by atoms with van der Waals surface area (Å²) in [6.45, 7) is 4.06. The third kappa shape index (κ3) is 4.67. The molecule has 0 aromatic heterocycles. The number of hydrogen-bond acceptors (Lipinski definition) is 3. The molecule has 2 aromatic carbocycles. The van der Waals surface area contributed by atoms with E-state index in [1.165, 1.54) is 36.0 Å². The Hall–Kier alpha value is -2.49. The van der Waals surface area contributed by atoms with Crippen LogP contribution in [0, 0.1) is 0 Å². The summed E-state index contributed by atoms with van der Waals surface area (Å²) in [5.74, 6) is 1.14. The predicted octanol–water partition coefficient (Wildman–Crippen LogP) is 5.00. The largest absolute Gasteiger partial charge is 0.493 e. The van der Waals surface area contributed by atoms with Crippen LogP contribution in [0.3, 0.4) is 0 Å². The average Bonchev–Trinajstić information content (AvgIpc) is 2.75. The summed E-state index contributed by atoms with van der Waals surface area (Å²) in [6, 6.07) is 14.1. The summed E-state index contributed by atoms with van der Waals surface area (Å²) in [6.07, 6.45) is 5.72. The summed E-state index contributed by atoms with van der Waals surface area (Å²) in [7, 11) is 1.60. The van der Waals surface area contributed by atoms with Gasteiger partial charge in [0.25, 0.3) is 5.91 Å². The van der Waals surface area contributed by atoms with Crippen LogP contribution in [0.2, 0.25) is 0 Å². The molecule has 4 heteroatoms. The molecule has 0 saturated carbocycles. The predicted molar refractivity (Wildman–Crippen MR) is 112 cm³/mol. The van der Waals surface area contributed by atoms with Crippen molar-refractivity contribution in [2.75, 3.05) is 7.11 Å². The van der Waals surface area contributed by atoms with E-state index in [9.17, 15) is 4.79 Å². The van der Waals surface area contributed by atoms with Crippen LogP contribution in [-0.2, 0) is 17.6 Å². The topological polar surface area (TPSA) is 47.6 Å². The van der Waals surface area contributed by atoms with Gasteiger partial charge >= 0.3 is 0 Å². The highest BCUT2D eigenvalue weighted by atomic mass is 16.5. The van der Waals surface area contributed by atoms with E-state index in [1.54, 1.807) is 7.11 Å². The number of benzene rings is 2. The van der Waals surface area contributed by atoms with Crippen LogP contribution < -0.4 is 14.8 Å². The summed E-state index contributed by atoms with van der Waals surface area (Å²) >= 11 is 0. The maximum atomic E-state index is 12.9. The van der Waals surface area contributed by atoms with Gasteiger partial charge in [0, 0.05) is 0 Å². The maximum absolute atomic E-state index is 12.9. The number of carbonyl (C=O) groups is 1. The molecule has 1 aliphatic carbocycles. The second-order valence-electron chi connectivity index (χ2n) is 7.37. The fourth-order valence-electron chi connectivity index (χ4n) is 3.85. The van der Waals surface area contributed by atoms with Crippen LogP contribution >= 0.6 is 0 Å². The Morgan fingerprint density at radius 2 is 1.71 bits per heavy atom. The lowest BCUT2D eigenvalue weighted by Gasteiger charge is -2.24. The normalized spacial score (nSPS) is 15.2. The first-order valence-electron chi connectivity index (χ1n) is 10.4. The van der Waals surface area contributed by atoms with E-state index in [1.807, 2.05) is 31.2 Å². The molecule has 0 heterocycles. The van der Waals surface area contributed by atoms with Crippen molar-refractivity contribution in [3.05, 3.63) is 59.2 Å². The number of nitrogens with one attached hydrogen (secondary N) is 1. The molecule has 3 rings (SSSR count). The van der Waals surface area contributed by atoms with Crippen LogP contribution in [0.25, 0.3) is 0 Å². The van der Waals surface area contributed by atoms with Gasteiger partial charge in [0.2, 0.25) is 0 Å². The molecule has 2 atom stereocenters. The highest BCUT2D eigenvalue weighted by Gasteiger charge is 2.23. The molecule has 0 fully saturated rings. The van der Waals surface area contributed by atoms with Crippen molar-refractivity contribution in [3.8, 4) is 11.5 Å². The number of hydrogen-bond donors (Lipinski definition) is 1. The third-order valence-corrected chi connectivity index (χ3v) is 5.50. The molecule has 4 nitrogen and oxygen atoms in total. The molecule has 0 radical (unpaired) electrons. The van der Waals surface area contributed by atoms with Gasteiger partial charge in [0.15, 0.2) is 17.6 Å². The van der Waals surface area contributed by atoms with E-state index in [2.05, 4.69) is 30.4 Å². The molecule has 0 spiro atoms. The van der Waals surface area contributed by atoms with Gasteiger partial charge in [0.05, 0.1) is 13.2 Å². The SMILES string of the molecule is CC[C@H](Oc1ccccc1OC)C(=O)N[C@@H](CC)c1ccc2c(c1)CCCC2. The van der Waals surface area contributed by atoms with Crippen molar-refractivity contribution in [1.82, 2.24) is 5.32 Å². The van der Waals surface area contributed by atoms with Gasteiger partial charge in [-0.3, -0.25) is 4.79 Å². The van der Waals surface area contributed by atoms with E-state index >= 15 is 0 Å². The van der Waals surface area contributed by atoms with Crippen molar-refractivity contribution in [2.24, 2.45) is 0 Å². The Balaban J connectivity index is 1.71. The minimum absolute atomic E-state index is 0.00459. The molecule has 1 amide bonds. The average molecular weight is 382 g/mol. The maximum Gasteiger partial charge on any atom is 0.261 e. The Kier molecular flexibility index (Phi) is 6.96. The van der Waals surface area contributed by atoms with Gasteiger partial charge in [0.1, 0.15) is 0 Å². The Morgan fingerprint density at radius 3 is 2.39 bits per heavy atom. The number of fused-ring (bicyclic) bond motifs is 1. The lowest BCUT2D eigenvalue weighted by Crippen LogP contribution is -2.40. The van der Waals surface area contributed by atoms with Crippen LogP contribution in [0.15, 0.2) is 42.5 Å². The lowest BCUT2D eigenvalue weighted by molar-refractivity contribution is -0.129. The monoisotopic (exact) mass is 381 g/mol. The standard InChI is InChI=1S/C24H31NO3/c1-4-20(19-15-14-17-10-6-7-11-18(17)16-19)25-24(26)21(5-2)28-23-13-9-8-12-22(23)27-3/h8-9,12-16,20-21H,4-7,10-11H2,1-3H3,(H,25,26)/t20-,21-/m0/s1. The quantitative estimate of drug-likeness (QED) is 0.700. The first-order chi connectivity index (χ1) is 13.7. The smallest absolute Gasteiger partial charge is 0.261 e. The summed E-state index contributed by atoms with van der Waals surface area (Å²) in [5.41, 5.74) is 4.08. The van der Waals surface area contributed by atoms with E-state index in [0.717, 1.165) is 12.8 Å². The van der Waals surface area contributed by atoms with Crippen molar-refractivity contribution in [2.45, 2.75) is 64.5 Å². The van der Waals surface area contributed by atoms with Gasteiger partial charge in [-0.05, 0) is 67.3 Å². The molecule has 0 bridgehead atoms. The molecule has 1 N–H and O–H groups in total. The van der Waals surface area contributed by atoms with Crippen LogP contribution in [0.4, 0.5) is 0 Å². The lowest BCUT2D eigenvalue weighted by atomic mass is 9.88. The number of carbonyl (C=O) groups excluding carboxylic acids is 1. The van der Waals surface area contributed by atoms with Crippen molar-refractivity contribution in [1.29, 1.82) is 0 Å². The molecule has 0 saturated heterocycles. The minimum Gasteiger partial charge on any atom is -0.493 e. The van der Waals surface area contributed by atoms with E-state index in [0.29, 0.717) is 17.9 Å². The Morgan fingerprint density at radius 1 is 1.00 bits per heavy atom. The first kappa shape index (κ1) is 20.2. The molecule has 0 aliphatic heterocycles. The third-order valence-electron chi connectivity index (χ3n) is 5.50. The highest BCUT2D eigenvalue weighted by Crippen LogP contribution is 2.29. The number of ether oxygens (including phenoxy) is 2. The fourth-order valence-corrected chi connectivity index (χ4v) is 3.85. The van der Waals surface area contributed by atoms with Crippen molar-refractivity contribution in [3.63, 3.8) is 0 Å². The van der Waals surface area contributed by atoms with E-state index in [-0.39, 0.29) is 11.9 Å². The number of amides is 1. The molecule has 1 aliphatic rings. The van der Waals surface area contributed by atoms with Crippen molar-refractivity contribution < 1.29 is 14.3 Å². The zero-order valence-corrected chi connectivity index (χ0v) is 17.2. The molecule has 150 valence electrons. The van der Waals surface area contributed by atoms with E-state index < -0.39 is 6.10 Å². The van der Waals surface area contributed by atoms with Gasteiger partial charge < -0.3 is 14.8 Å². The molecule has 28 heavy (non-hydrogen) atoms. The summed E-state index contributed by atoms with van der Waals surface area (Å²) in [5, 5.41) is 3.19. The molecule has 0 unspecified atom stereocenters. The van der Waals surface area contributed by atoms with Gasteiger partial charge in [-0.15, -0.1) is 0 Å². The van der Waals surface area contributed by atoms with Gasteiger partial charge in [-0.2, -0.15) is 0 Å². The fraction of sp³-hybridized carbons (Fsp3) is 0.458. The van der Waals surface area contributed by atoms with Crippen LogP contribution in [-0.4, -0.2) is 19.1 Å². The van der Waals surface area contributed by atoms with Gasteiger partial charge in [-0.1, -0.05) is 44.2 Å².